The molecule has 2 N–H and O–H groups in total. The first-order valence-electron chi connectivity index (χ1n) is 5.97. The van der Waals surface area contributed by atoms with Gasteiger partial charge in [0.2, 0.25) is 5.91 Å². The summed E-state index contributed by atoms with van der Waals surface area (Å²) in [5, 5.41) is 0. The Balaban J connectivity index is 1.68. The monoisotopic (exact) mass is 206 g/mol. The van der Waals surface area contributed by atoms with Gasteiger partial charge >= 0.3 is 0 Å². The Kier molecular flexibility index (Phi) is 2.09. The predicted molar refractivity (Wildman–Crippen MR) is 58.0 cm³/mol. The number of carbonyl (C=O) groups excluding carboxylic acids is 1. The summed E-state index contributed by atoms with van der Waals surface area (Å²) < 4.78 is 0. The Morgan fingerprint density at radius 2 is 2.20 bits per heavy atom. The van der Waals surface area contributed by atoms with Gasteiger partial charge < -0.3 is 10.6 Å². The molecule has 0 aromatic carbocycles. The average molecular weight is 206 g/mol. The van der Waals surface area contributed by atoms with Crippen molar-refractivity contribution in [2.24, 2.45) is 23.5 Å². The lowest BCUT2D eigenvalue weighted by atomic mass is 9.92. The SMILES string of the molecule is NC1CCN(C(=O)C2CC3C=CC2C3)C1. The molecule has 1 saturated heterocycles. The molecule has 1 heterocycles. The normalized spacial score (nSPS) is 42.9. The zero-order valence-electron chi connectivity index (χ0n) is 8.93. The van der Waals surface area contributed by atoms with E-state index in [1.807, 2.05) is 4.90 Å². The van der Waals surface area contributed by atoms with Gasteiger partial charge in [0, 0.05) is 25.0 Å². The lowest BCUT2D eigenvalue weighted by molar-refractivity contribution is -0.135. The van der Waals surface area contributed by atoms with Crippen LogP contribution in [0.4, 0.5) is 0 Å². The van der Waals surface area contributed by atoms with Crippen LogP contribution in [0.25, 0.3) is 0 Å². The quantitative estimate of drug-likeness (QED) is 0.644. The van der Waals surface area contributed by atoms with Gasteiger partial charge in [-0.1, -0.05) is 12.2 Å². The Morgan fingerprint density at radius 3 is 2.73 bits per heavy atom. The van der Waals surface area contributed by atoms with Crippen molar-refractivity contribution in [2.75, 3.05) is 13.1 Å². The highest BCUT2D eigenvalue weighted by atomic mass is 16.2. The number of fused-ring (bicyclic) bond motifs is 2. The highest BCUT2D eigenvalue weighted by Gasteiger charge is 2.42. The van der Waals surface area contributed by atoms with Gasteiger partial charge in [-0.15, -0.1) is 0 Å². The maximum atomic E-state index is 12.2. The van der Waals surface area contributed by atoms with Crippen LogP contribution >= 0.6 is 0 Å². The molecule has 82 valence electrons. The van der Waals surface area contributed by atoms with E-state index in [0.29, 0.717) is 17.7 Å². The van der Waals surface area contributed by atoms with Crippen molar-refractivity contribution in [1.29, 1.82) is 0 Å². The Morgan fingerprint density at radius 1 is 1.33 bits per heavy atom. The van der Waals surface area contributed by atoms with Crippen molar-refractivity contribution >= 4 is 5.91 Å². The van der Waals surface area contributed by atoms with Crippen LogP contribution in [0, 0.1) is 17.8 Å². The van der Waals surface area contributed by atoms with E-state index in [1.165, 1.54) is 6.42 Å². The van der Waals surface area contributed by atoms with Gasteiger partial charge in [0.1, 0.15) is 0 Å². The first kappa shape index (κ1) is 9.40. The van der Waals surface area contributed by atoms with E-state index in [4.69, 9.17) is 5.73 Å². The first-order valence-corrected chi connectivity index (χ1v) is 5.97. The summed E-state index contributed by atoms with van der Waals surface area (Å²) in [6.07, 6.45) is 7.78. The van der Waals surface area contributed by atoms with E-state index >= 15 is 0 Å². The first-order chi connectivity index (χ1) is 7.24. The number of likely N-dealkylation sites (tertiary alicyclic amines) is 1. The van der Waals surface area contributed by atoms with Gasteiger partial charge in [-0.2, -0.15) is 0 Å². The van der Waals surface area contributed by atoms with Gasteiger partial charge in [-0.05, 0) is 31.1 Å². The topological polar surface area (TPSA) is 46.3 Å². The minimum Gasteiger partial charge on any atom is -0.341 e. The van der Waals surface area contributed by atoms with E-state index in [9.17, 15) is 4.79 Å². The van der Waals surface area contributed by atoms with Crippen LogP contribution in [0.2, 0.25) is 0 Å². The average Bonchev–Trinajstić information content (AvgIpc) is 2.90. The number of rotatable bonds is 1. The number of nitrogens with two attached hydrogens (primary N) is 1. The van der Waals surface area contributed by atoms with Crippen molar-refractivity contribution in [2.45, 2.75) is 25.3 Å². The third-order valence-electron chi connectivity index (χ3n) is 4.13. The fourth-order valence-corrected chi connectivity index (χ4v) is 3.29. The Labute approximate surface area is 90.3 Å². The summed E-state index contributed by atoms with van der Waals surface area (Å²) in [6, 6.07) is 0.211. The smallest absolute Gasteiger partial charge is 0.226 e. The second-order valence-corrected chi connectivity index (χ2v) is 5.22. The van der Waals surface area contributed by atoms with E-state index in [2.05, 4.69) is 12.2 Å². The van der Waals surface area contributed by atoms with E-state index in [1.54, 1.807) is 0 Å². The minimum atomic E-state index is 0.211. The molecule has 4 unspecified atom stereocenters. The summed E-state index contributed by atoms with van der Waals surface area (Å²) in [5.41, 5.74) is 5.83. The lowest BCUT2D eigenvalue weighted by Crippen LogP contribution is -2.37. The van der Waals surface area contributed by atoms with E-state index < -0.39 is 0 Å². The molecular weight excluding hydrogens is 188 g/mol. The molecule has 0 aromatic heterocycles. The molecule has 1 aliphatic heterocycles. The molecule has 4 atom stereocenters. The number of nitrogens with zero attached hydrogens (tertiary/aromatic N) is 1. The van der Waals surface area contributed by atoms with Gasteiger partial charge in [-0.3, -0.25) is 4.79 Å². The van der Waals surface area contributed by atoms with E-state index in [-0.39, 0.29) is 12.0 Å². The van der Waals surface area contributed by atoms with Crippen LogP contribution in [0.3, 0.4) is 0 Å². The lowest BCUT2D eigenvalue weighted by Gasteiger charge is -2.24. The van der Waals surface area contributed by atoms with Crippen LogP contribution in [0.5, 0.6) is 0 Å². The molecule has 3 rings (SSSR count). The molecule has 2 fully saturated rings. The maximum Gasteiger partial charge on any atom is 0.226 e. The summed E-state index contributed by atoms with van der Waals surface area (Å²) in [7, 11) is 0. The number of hydrogen-bond donors (Lipinski definition) is 1. The van der Waals surface area contributed by atoms with Crippen LogP contribution in [-0.2, 0) is 4.79 Å². The Hall–Kier alpha value is -0.830. The van der Waals surface area contributed by atoms with Crippen molar-refractivity contribution in [1.82, 2.24) is 4.90 Å². The summed E-state index contributed by atoms with van der Waals surface area (Å²) >= 11 is 0. The number of amides is 1. The largest absolute Gasteiger partial charge is 0.341 e. The van der Waals surface area contributed by atoms with Crippen molar-refractivity contribution in [3.8, 4) is 0 Å². The standard InChI is InChI=1S/C12H18N2O/c13-10-3-4-14(7-10)12(15)11-6-8-1-2-9(11)5-8/h1-2,8-11H,3-7,13H2. The second kappa shape index (κ2) is 3.34. The molecular formula is C12H18N2O. The van der Waals surface area contributed by atoms with Gasteiger partial charge in [-0.25, -0.2) is 0 Å². The molecule has 3 heteroatoms. The van der Waals surface area contributed by atoms with Crippen LogP contribution < -0.4 is 5.73 Å². The molecule has 0 aromatic rings. The number of carbonyl (C=O) groups is 1. The molecule has 0 spiro atoms. The van der Waals surface area contributed by atoms with Crippen LogP contribution in [0.15, 0.2) is 12.2 Å². The zero-order valence-corrected chi connectivity index (χ0v) is 8.93. The molecule has 2 aliphatic carbocycles. The fourth-order valence-electron chi connectivity index (χ4n) is 3.29. The highest BCUT2D eigenvalue weighted by molar-refractivity contribution is 5.80. The third-order valence-corrected chi connectivity index (χ3v) is 4.13. The molecule has 3 nitrogen and oxygen atoms in total. The molecule has 1 amide bonds. The molecule has 2 bridgehead atoms. The number of allylic oxidation sites excluding steroid dienone is 2. The summed E-state index contributed by atoms with van der Waals surface area (Å²) in [4.78, 5) is 14.2. The van der Waals surface area contributed by atoms with Gasteiger partial charge in [0.15, 0.2) is 0 Å². The van der Waals surface area contributed by atoms with Crippen molar-refractivity contribution in [3.05, 3.63) is 12.2 Å². The summed E-state index contributed by atoms with van der Waals surface area (Å²) in [5.74, 6) is 1.84. The van der Waals surface area contributed by atoms with E-state index in [0.717, 1.165) is 25.9 Å². The molecule has 0 radical (unpaired) electrons. The van der Waals surface area contributed by atoms with Crippen molar-refractivity contribution in [3.63, 3.8) is 0 Å². The van der Waals surface area contributed by atoms with Gasteiger partial charge in [0.25, 0.3) is 0 Å². The maximum absolute atomic E-state index is 12.2. The molecule has 3 aliphatic rings. The van der Waals surface area contributed by atoms with Crippen LogP contribution in [0.1, 0.15) is 19.3 Å². The predicted octanol–water partition coefficient (Wildman–Crippen LogP) is 0.758. The minimum absolute atomic E-state index is 0.211. The van der Waals surface area contributed by atoms with Gasteiger partial charge in [0.05, 0.1) is 0 Å². The molecule has 1 saturated carbocycles. The highest BCUT2D eigenvalue weighted by Crippen LogP contribution is 2.44. The number of hydrogen-bond acceptors (Lipinski definition) is 2. The Bertz CT molecular complexity index is 313. The molecule has 15 heavy (non-hydrogen) atoms. The third kappa shape index (κ3) is 1.49. The summed E-state index contributed by atoms with van der Waals surface area (Å²) in [6.45, 7) is 1.65. The van der Waals surface area contributed by atoms with Crippen molar-refractivity contribution < 1.29 is 4.79 Å². The second-order valence-electron chi connectivity index (χ2n) is 5.22. The zero-order chi connectivity index (χ0) is 10.4. The fraction of sp³-hybridized carbons (Fsp3) is 0.750. The van der Waals surface area contributed by atoms with Crippen LogP contribution in [-0.4, -0.2) is 29.9 Å².